The van der Waals surface area contributed by atoms with E-state index in [0.29, 0.717) is 11.3 Å². The summed E-state index contributed by atoms with van der Waals surface area (Å²) in [5.41, 5.74) is 6.63. The first-order chi connectivity index (χ1) is 7.65. The zero-order valence-corrected chi connectivity index (χ0v) is 9.07. The number of nitrogens with two attached hydrogens (primary N) is 1. The number of halogens is 1. The summed E-state index contributed by atoms with van der Waals surface area (Å²) in [5.74, 6) is 0.0347. The SMILES string of the molecule is Nc1c(CCl)c([N+](=O)[O-])cc2ccccc12. The Morgan fingerprint density at radius 1 is 1.38 bits per heavy atom. The molecule has 0 unspecified atom stereocenters. The predicted octanol–water partition coefficient (Wildman–Crippen LogP) is 3.07. The van der Waals surface area contributed by atoms with Crippen LogP contribution in [0.1, 0.15) is 5.56 Å². The highest BCUT2D eigenvalue weighted by atomic mass is 35.5. The van der Waals surface area contributed by atoms with Gasteiger partial charge in [0.05, 0.1) is 22.1 Å². The summed E-state index contributed by atoms with van der Waals surface area (Å²) in [6, 6.07) is 8.76. The normalized spacial score (nSPS) is 10.6. The molecule has 4 nitrogen and oxygen atoms in total. The third-order valence-corrected chi connectivity index (χ3v) is 2.78. The number of fused-ring (bicyclic) bond motifs is 1. The molecule has 2 N–H and O–H groups in total. The topological polar surface area (TPSA) is 69.2 Å². The van der Waals surface area contributed by atoms with Crippen molar-refractivity contribution in [3.8, 4) is 0 Å². The summed E-state index contributed by atoms with van der Waals surface area (Å²) in [6.45, 7) is 0. The van der Waals surface area contributed by atoms with Crippen molar-refractivity contribution in [2.75, 3.05) is 5.73 Å². The Balaban J connectivity index is 2.87. The van der Waals surface area contributed by atoms with Gasteiger partial charge in [0.15, 0.2) is 0 Å². The van der Waals surface area contributed by atoms with E-state index in [1.807, 2.05) is 18.2 Å². The van der Waals surface area contributed by atoms with Gasteiger partial charge in [-0.05, 0) is 5.39 Å². The Labute approximate surface area is 96.8 Å². The Bertz CT molecular complexity index is 569. The van der Waals surface area contributed by atoms with Crippen molar-refractivity contribution in [1.82, 2.24) is 0 Å². The number of benzene rings is 2. The van der Waals surface area contributed by atoms with Gasteiger partial charge in [-0.15, -0.1) is 11.6 Å². The van der Waals surface area contributed by atoms with Crippen LogP contribution in [-0.4, -0.2) is 4.92 Å². The molecule has 0 bridgehead atoms. The van der Waals surface area contributed by atoms with Gasteiger partial charge in [-0.2, -0.15) is 0 Å². The second kappa shape index (κ2) is 3.98. The van der Waals surface area contributed by atoms with Crippen LogP contribution in [0.15, 0.2) is 30.3 Å². The minimum absolute atomic E-state index is 0.0220. The van der Waals surface area contributed by atoms with Crippen LogP contribution in [0.2, 0.25) is 0 Å². The summed E-state index contributed by atoms with van der Waals surface area (Å²) in [5, 5.41) is 12.4. The number of nitro benzene ring substituents is 1. The molecule has 0 heterocycles. The molecule has 0 amide bonds. The molecule has 0 aliphatic carbocycles. The second-order valence-corrected chi connectivity index (χ2v) is 3.67. The fourth-order valence-electron chi connectivity index (χ4n) is 1.71. The van der Waals surface area contributed by atoms with Gasteiger partial charge in [0.2, 0.25) is 0 Å². The molecule has 2 aromatic carbocycles. The number of rotatable bonds is 2. The lowest BCUT2D eigenvalue weighted by atomic mass is 10.0. The van der Waals surface area contributed by atoms with Crippen LogP contribution in [0.3, 0.4) is 0 Å². The van der Waals surface area contributed by atoms with Crippen molar-refractivity contribution in [3.05, 3.63) is 46.0 Å². The van der Waals surface area contributed by atoms with E-state index in [-0.39, 0.29) is 11.6 Å². The Morgan fingerprint density at radius 3 is 2.69 bits per heavy atom. The fraction of sp³-hybridized carbons (Fsp3) is 0.0909. The van der Waals surface area contributed by atoms with Crippen LogP contribution >= 0.6 is 11.6 Å². The van der Waals surface area contributed by atoms with Crippen molar-refractivity contribution >= 4 is 33.7 Å². The van der Waals surface area contributed by atoms with Crippen LogP contribution in [-0.2, 0) is 5.88 Å². The van der Waals surface area contributed by atoms with Gasteiger partial charge in [-0.1, -0.05) is 24.3 Å². The highest BCUT2D eigenvalue weighted by molar-refractivity contribution is 6.18. The minimum Gasteiger partial charge on any atom is -0.398 e. The molecule has 0 aliphatic heterocycles. The number of hydrogen-bond donors (Lipinski definition) is 1. The van der Waals surface area contributed by atoms with E-state index in [2.05, 4.69) is 0 Å². The third-order valence-electron chi connectivity index (χ3n) is 2.51. The second-order valence-electron chi connectivity index (χ2n) is 3.40. The molecule has 0 atom stereocenters. The quantitative estimate of drug-likeness (QED) is 0.377. The van der Waals surface area contributed by atoms with E-state index in [0.717, 1.165) is 10.8 Å². The van der Waals surface area contributed by atoms with Gasteiger partial charge in [-0.25, -0.2) is 0 Å². The first-order valence-electron chi connectivity index (χ1n) is 4.65. The lowest BCUT2D eigenvalue weighted by Gasteiger charge is -2.07. The van der Waals surface area contributed by atoms with Crippen LogP contribution < -0.4 is 5.73 Å². The molecule has 0 fully saturated rings. The average Bonchev–Trinajstić information content (AvgIpc) is 2.29. The molecule has 0 saturated carbocycles. The summed E-state index contributed by atoms with van der Waals surface area (Å²) in [6.07, 6.45) is 0. The van der Waals surface area contributed by atoms with E-state index >= 15 is 0 Å². The van der Waals surface area contributed by atoms with Crippen LogP contribution in [0.25, 0.3) is 10.8 Å². The molecule has 0 saturated heterocycles. The monoisotopic (exact) mass is 236 g/mol. The minimum atomic E-state index is -0.458. The van der Waals surface area contributed by atoms with Gasteiger partial charge in [0.25, 0.3) is 5.69 Å². The maximum atomic E-state index is 10.9. The van der Waals surface area contributed by atoms with Gasteiger partial charge < -0.3 is 5.73 Å². The molecular formula is C11H9ClN2O2. The summed E-state index contributed by atoms with van der Waals surface area (Å²) in [7, 11) is 0. The molecule has 0 aromatic heterocycles. The maximum Gasteiger partial charge on any atom is 0.276 e. The summed E-state index contributed by atoms with van der Waals surface area (Å²) >= 11 is 5.70. The Kier molecular flexibility index (Phi) is 2.66. The highest BCUT2D eigenvalue weighted by Gasteiger charge is 2.18. The van der Waals surface area contributed by atoms with E-state index in [9.17, 15) is 10.1 Å². The van der Waals surface area contributed by atoms with Crippen LogP contribution in [0.5, 0.6) is 0 Å². The number of nitrogens with zero attached hydrogens (tertiary/aromatic N) is 1. The zero-order valence-electron chi connectivity index (χ0n) is 8.31. The molecule has 0 spiro atoms. The number of hydrogen-bond acceptors (Lipinski definition) is 3. The van der Waals surface area contributed by atoms with Gasteiger partial charge >= 0.3 is 0 Å². The Morgan fingerprint density at radius 2 is 2.06 bits per heavy atom. The molecule has 2 rings (SSSR count). The zero-order chi connectivity index (χ0) is 11.7. The average molecular weight is 237 g/mol. The van der Waals surface area contributed by atoms with Crippen molar-refractivity contribution in [2.24, 2.45) is 0 Å². The van der Waals surface area contributed by atoms with E-state index in [1.165, 1.54) is 6.07 Å². The Hall–Kier alpha value is -1.81. The smallest absolute Gasteiger partial charge is 0.276 e. The maximum absolute atomic E-state index is 10.9. The predicted molar refractivity (Wildman–Crippen MR) is 64.6 cm³/mol. The molecule has 16 heavy (non-hydrogen) atoms. The lowest BCUT2D eigenvalue weighted by Crippen LogP contribution is -2.00. The molecule has 2 aromatic rings. The fourth-order valence-corrected chi connectivity index (χ4v) is 1.99. The van der Waals surface area contributed by atoms with Crippen molar-refractivity contribution in [2.45, 2.75) is 5.88 Å². The molecule has 5 heteroatoms. The molecular weight excluding hydrogens is 228 g/mol. The van der Waals surface area contributed by atoms with Gasteiger partial charge in [0, 0.05) is 11.5 Å². The van der Waals surface area contributed by atoms with Crippen molar-refractivity contribution in [3.63, 3.8) is 0 Å². The molecule has 0 aliphatic rings. The largest absolute Gasteiger partial charge is 0.398 e. The summed E-state index contributed by atoms with van der Waals surface area (Å²) in [4.78, 5) is 10.4. The number of alkyl halides is 1. The highest BCUT2D eigenvalue weighted by Crippen LogP contribution is 2.33. The first-order valence-corrected chi connectivity index (χ1v) is 5.19. The van der Waals surface area contributed by atoms with E-state index in [1.54, 1.807) is 6.07 Å². The van der Waals surface area contributed by atoms with Crippen molar-refractivity contribution < 1.29 is 4.92 Å². The van der Waals surface area contributed by atoms with Crippen LogP contribution in [0.4, 0.5) is 11.4 Å². The van der Waals surface area contributed by atoms with Crippen molar-refractivity contribution in [1.29, 1.82) is 0 Å². The third kappa shape index (κ3) is 1.57. The van der Waals surface area contributed by atoms with E-state index in [4.69, 9.17) is 17.3 Å². The molecule has 0 radical (unpaired) electrons. The number of nitro groups is 1. The van der Waals surface area contributed by atoms with Crippen LogP contribution in [0, 0.1) is 10.1 Å². The number of anilines is 1. The lowest BCUT2D eigenvalue weighted by molar-refractivity contribution is -0.385. The first kappa shape index (κ1) is 10.7. The van der Waals surface area contributed by atoms with Gasteiger partial charge in [-0.3, -0.25) is 10.1 Å². The van der Waals surface area contributed by atoms with Gasteiger partial charge in [0.1, 0.15) is 0 Å². The number of nitrogen functional groups attached to an aromatic ring is 1. The molecule has 82 valence electrons. The summed E-state index contributed by atoms with van der Waals surface area (Å²) < 4.78 is 0. The standard InChI is InChI=1S/C11H9ClN2O2/c12-6-9-10(14(15)16)5-7-3-1-2-4-8(7)11(9)13/h1-5H,6,13H2. The van der Waals surface area contributed by atoms with E-state index < -0.39 is 4.92 Å².